The molecular weight excluding hydrogens is 418 g/mol. The number of carbonyl (C=O) groups is 1. The Morgan fingerprint density at radius 3 is 2.68 bits per heavy atom. The Kier molecular flexibility index (Phi) is 7.32. The van der Waals surface area contributed by atoms with Crippen LogP contribution in [0.3, 0.4) is 0 Å². The second kappa shape index (κ2) is 10.1. The number of carbonyl (C=O) groups excluding carboxylic acids is 1. The quantitative estimate of drug-likeness (QED) is 0.629. The van der Waals surface area contributed by atoms with Crippen molar-refractivity contribution in [3.05, 3.63) is 58.6 Å². The number of halogens is 1. The molecule has 28 heavy (non-hydrogen) atoms. The van der Waals surface area contributed by atoms with Gasteiger partial charge < -0.3 is 14.5 Å². The fourth-order valence-corrected chi connectivity index (χ4v) is 3.68. The van der Waals surface area contributed by atoms with E-state index in [1.165, 1.54) is 0 Å². The molecule has 2 aromatic carbocycles. The lowest BCUT2D eigenvalue weighted by molar-refractivity contribution is -0.131. The molecule has 0 aromatic heterocycles. The number of anilines is 1. The Balaban J connectivity index is 1.43. The summed E-state index contributed by atoms with van der Waals surface area (Å²) < 4.78 is 6.69. The smallest absolute Gasteiger partial charge is 0.222 e. The van der Waals surface area contributed by atoms with Crippen LogP contribution in [0.5, 0.6) is 5.75 Å². The third-order valence-electron chi connectivity index (χ3n) is 4.81. The van der Waals surface area contributed by atoms with Crippen molar-refractivity contribution in [1.29, 1.82) is 5.26 Å². The number of nitriles is 1. The fourth-order valence-electron chi connectivity index (χ4n) is 3.30. The van der Waals surface area contributed by atoms with E-state index in [2.05, 4.69) is 26.9 Å². The summed E-state index contributed by atoms with van der Waals surface area (Å²) in [6.07, 6.45) is 2.16. The molecular formula is C22H24BrN3O2. The number of amides is 1. The van der Waals surface area contributed by atoms with Crippen LogP contribution in [0.4, 0.5) is 5.69 Å². The van der Waals surface area contributed by atoms with Crippen molar-refractivity contribution >= 4 is 27.5 Å². The third-order valence-corrected chi connectivity index (χ3v) is 5.30. The van der Waals surface area contributed by atoms with Gasteiger partial charge in [0, 0.05) is 42.8 Å². The first kappa shape index (κ1) is 20.2. The average molecular weight is 442 g/mol. The highest BCUT2D eigenvalue weighted by molar-refractivity contribution is 9.10. The van der Waals surface area contributed by atoms with Gasteiger partial charge in [-0.3, -0.25) is 4.79 Å². The minimum absolute atomic E-state index is 0.194. The summed E-state index contributed by atoms with van der Waals surface area (Å²) in [6, 6.07) is 17.5. The molecule has 1 aliphatic heterocycles. The van der Waals surface area contributed by atoms with Gasteiger partial charge >= 0.3 is 0 Å². The lowest BCUT2D eigenvalue weighted by Gasteiger charge is -2.24. The number of hydrogen-bond acceptors (Lipinski definition) is 4. The number of ether oxygens (including phenoxy) is 1. The van der Waals surface area contributed by atoms with Gasteiger partial charge in [0.15, 0.2) is 0 Å². The van der Waals surface area contributed by atoms with E-state index in [1.807, 2.05) is 53.4 Å². The first-order valence-corrected chi connectivity index (χ1v) is 10.4. The van der Waals surface area contributed by atoms with Crippen LogP contribution in [0.15, 0.2) is 53.0 Å². The Bertz CT molecular complexity index is 832. The van der Waals surface area contributed by atoms with Gasteiger partial charge in [0.05, 0.1) is 18.2 Å². The maximum Gasteiger partial charge on any atom is 0.222 e. The van der Waals surface area contributed by atoms with Crippen LogP contribution in [0.1, 0.15) is 24.8 Å². The van der Waals surface area contributed by atoms with Gasteiger partial charge in [0.25, 0.3) is 0 Å². The molecule has 1 amide bonds. The van der Waals surface area contributed by atoms with E-state index in [1.54, 1.807) is 0 Å². The van der Waals surface area contributed by atoms with Gasteiger partial charge in [0.1, 0.15) is 5.75 Å². The van der Waals surface area contributed by atoms with E-state index in [-0.39, 0.29) is 5.91 Å². The highest BCUT2D eigenvalue weighted by Gasteiger charge is 2.19. The highest BCUT2D eigenvalue weighted by atomic mass is 79.9. The number of benzene rings is 2. The zero-order chi connectivity index (χ0) is 19.8. The van der Waals surface area contributed by atoms with Crippen LogP contribution in [0.2, 0.25) is 0 Å². The molecule has 3 rings (SSSR count). The molecule has 0 spiro atoms. The van der Waals surface area contributed by atoms with E-state index >= 15 is 0 Å². The Morgan fingerprint density at radius 2 is 1.93 bits per heavy atom. The van der Waals surface area contributed by atoms with Crippen LogP contribution in [-0.4, -0.2) is 43.6 Å². The van der Waals surface area contributed by atoms with Crippen molar-refractivity contribution in [2.24, 2.45) is 0 Å². The lowest BCUT2D eigenvalue weighted by atomic mass is 10.2. The second-order valence-corrected chi connectivity index (χ2v) is 7.71. The molecule has 0 bridgehead atoms. The zero-order valence-electron chi connectivity index (χ0n) is 15.8. The first-order valence-electron chi connectivity index (χ1n) is 9.57. The molecule has 0 unspecified atom stereocenters. The molecule has 5 nitrogen and oxygen atoms in total. The van der Waals surface area contributed by atoms with Crippen LogP contribution < -0.4 is 9.64 Å². The third kappa shape index (κ3) is 5.74. The summed E-state index contributed by atoms with van der Waals surface area (Å²) in [4.78, 5) is 16.8. The van der Waals surface area contributed by atoms with Crippen molar-refractivity contribution in [3.8, 4) is 11.8 Å². The maximum atomic E-state index is 12.6. The van der Waals surface area contributed by atoms with Crippen molar-refractivity contribution < 1.29 is 9.53 Å². The van der Waals surface area contributed by atoms with Crippen LogP contribution in [0, 0.1) is 11.3 Å². The fraction of sp³-hybridized carbons (Fsp3) is 0.364. The topological polar surface area (TPSA) is 56.6 Å². The lowest BCUT2D eigenvalue weighted by Crippen LogP contribution is -2.35. The maximum absolute atomic E-state index is 12.6. The Morgan fingerprint density at radius 1 is 1.11 bits per heavy atom. The van der Waals surface area contributed by atoms with Crippen molar-refractivity contribution in [2.75, 3.05) is 37.7 Å². The first-order chi connectivity index (χ1) is 13.7. The molecule has 1 saturated heterocycles. The SMILES string of the molecule is N#Cc1ccc(N2CCCN(C(=O)CCCOc3cccc(Br)c3)CC2)cc1. The van der Waals surface area contributed by atoms with E-state index in [0.717, 1.165) is 48.5 Å². The highest BCUT2D eigenvalue weighted by Crippen LogP contribution is 2.19. The molecule has 0 saturated carbocycles. The Hall–Kier alpha value is -2.52. The summed E-state index contributed by atoms with van der Waals surface area (Å²) >= 11 is 3.42. The molecule has 146 valence electrons. The monoisotopic (exact) mass is 441 g/mol. The van der Waals surface area contributed by atoms with Gasteiger partial charge in [-0.05, 0) is 55.3 Å². The van der Waals surface area contributed by atoms with Crippen molar-refractivity contribution in [3.63, 3.8) is 0 Å². The summed E-state index contributed by atoms with van der Waals surface area (Å²) in [7, 11) is 0. The zero-order valence-corrected chi connectivity index (χ0v) is 17.4. The van der Waals surface area contributed by atoms with E-state index in [0.29, 0.717) is 25.0 Å². The van der Waals surface area contributed by atoms with E-state index in [9.17, 15) is 4.79 Å². The van der Waals surface area contributed by atoms with Crippen LogP contribution in [0.25, 0.3) is 0 Å². The largest absolute Gasteiger partial charge is 0.494 e. The normalized spacial score (nSPS) is 14.3. The average Bonchev–Trinajstić information content (AvgIpc) is 2.97. The molecule has 0 aliphatic carbocycles. The van der Waals surface area contributed by atoms with Crippen LogP contribution >= 0.6 is 15.9 Å². The summed E-state index contributed by atoms with van der Waals surface area (Å²) in [5, 5.41) is 8.93. The van der Waals surface area contributed by atoms with E-state index in [4.69, 9.17) is 10.00 Å². The van der Waals surface area contributed by atoms with Gasteiger partial charge in [0.2, 0.25) is 5.91 Å². The van der Waals surface area contributed by atoms with Gasteiger partial charge in [-0.1, -0.05) is 22.0 Å². The minimum atomic E-state index is 0.194. The number of hydrogen-bond donors (Lipinski definition) is 0. The molecule has 2 aromatic rings. The van der Waals surface area contributed by atoms with Gasteiger partial charge in [-0.25, -0.2) is 0 Å². The predicted octanol–water partition coefficient (Wildman–Crippen LogP) is 4.22. The van der Waals surface area contributed by atoms with Crippen molar-refractivity contribution in [2.45, 2.75) is 19.3 Å². The van der Waals surface area contributed by atoms with Crippen molar-refractivity contribution in [1.82, 2.24) is 4.90 Å². The molecule has 0 radical (unpaired) electrons. The summed E-state index contributed by atoms with van der Waals surface area (Å²) in [6.45, 7) is 3.78. The van der Waals surface area contributed by atoms with Gasteiger partial charge in [-0.2, -0.15) is 5.26 Å². The predicted molar refractivity (Wildman–Crippen MR) is 113 cm³/mol. The standard InChI is InChI=1S/C22H24BrN3O2/c23-19-4-1-5-21(16-19)28-15-2-6-22(27)26-12-3-11-25(13-14-26)20-9-7-18(17-24)8-10-20/h1,4-5,7-10,16H,2-3,6,11-15H2. The molecule has 1 aliphatic rings. The van der Waals surface area contributed by atoms with E-state index < -0.39 is 0 Å². The molecule has 1 fully saturated rings. The molecule has 0 atom stereocenters. The molecule has 0 N–H and O–H groups in total. The number of rotatable bonds is 6. The second-order valence-electron chi connectivity index (χ2n) is 6.79. The molecule has 6 heteroatoms. The van der Waals surface area contributed by atoms with Crippen LogP contribution in [-0.2, 0) is 4.79 Å². The number of nitrogens with zero attached hydrogens (tertiary/aromatic N) is 3. The minimum Gasteiger partial charge on any atom is -0.494 e. The summed E-state index contributed by atoms with van der Waals surface area (Å²) in [5.74, 6) is 1.01. The Labute approximate surface area is 174 Å². The summed E-state index contributed by atoms with van der Waals surface area (Å²) in [5.41, 5.74) is 1.77. The molecule has 1 heterocycles. The van der Waals surface area contributed by atoms with Gasteiger partial charge in [-0.15, -0.1) is 0 Å².